The second-order valence-electron chi connectivity index (χ2n) is 5.49. The van der Waals surface area contributed by atoms with Crippen molar-refractivity contribution in [2.45, 2.75) is 64.2 Å². The molecular weight excluding hydrogens is 282 g/mol. The van der Waals surface area contributed by atoms with Crippen molar-refractivity contribution in [1.29, 1.82) is 0 Å². The first kappa shape index (κ1) is 16.9. The predicted molar refractivity (Wildman–Crippen MR) is 74.5 cm³/mol. The van der Waals surface area contributed by atoms with Crippen molar-refractivity contribution in [3.8, 4) is 0 Å². The van der Waals surface area contributed by atoms with E-state index in [-0.39, 0.29) is 17.1 Å². The summed E-state index contributed by atoms with van der Waals surface area (Å²) in [4.78, 5) is 0. The maximum atomic E-state index is 4.41. The minimum atomic E-state index is 0. The Kier molecular flexibility index (Phi) is 9.47. The molecule has 0 amide bonds. The summed E-state index contributed by atoms with van der Waals surface area (Å²) >= 11 is 0. The third-order valence-corrected chi connectivity index (χ3v) is 3.94. The quantitative estimate of drug-likeness (QED) is 0.517. The summed E-state index contributed by atoms with van der Waals surface area (Å²) in [7, 11) is 0. The molecule has 1 heterocycles. The predicted octanol–water partition coefficient (Wildman–Crippen LogP) is 1.99. The maximum absolute atomic E-state index is 4.41. The van der Waals surface area contributed by atoms with Crippen LogP contribution in [0.2, 0.25) is 0 Å². The van der Waals surface area contributed by atoms with Crippen LogP contribution in [0.15, 0.2) is 5.10 Å². The van der Waals surface area contributed by atoms with E-state index in [0.29, 0.717) is 0 Å². The number of fused-ring (bicyclic) bond motifs is 2. The van der Waals surface area contributed by atoms with Gasteiger partial charge in [-0.2, -0.15) is 10.6 Å². The molecule has 0 aromatic rings. The van der Waals surface area contributed by atoms with Gasteiger partial charge in [-0.15, -0.1) is 5.53 Å². The van der Waals surface area contributed by atoms with E-state index >= 15 is 0 Å². The minimum absolute atomic E-state index is 0. The number of rotatable bonds is 0. The molecule has 2 aliphatic rings. The van der Waals surface area contributed by atoms with Crippen LogP contribution in [0.3, 0.4) is 0 Å². The number of hydrogen-bond donors (Lipinski definition) is 4. The van der Waals surface area contributed by atoms with Gasteiger partial charge in [0.05, 0.1) is 0 Å². The normalized spacial score (nSPS) is 26.9. The summed E-state index contributed by atoms with van der Waals surface area (Å²) in [5.41, 5.74) is 13.1. The summed E-state index contributed by atoms with van der Waals surface area (Å²) in [6, 6.07) is 0. The van der Waals surface area contributed by atoms with Gasteiger partial charge in [-0.3, -0.25) is 0 Å². The second-order valence-corrected chi connectivity index (χ2v) is 5.49. The van der Waals surface area contributed by atoms with Gasteiger partial charge < -0.3 is 0 Å². The van der Waals surface area contributed by atoms with Gasteiger partial charge in [0.1, 0.15) is 0 Å². The van der Waals surface area contributed by atoms with E-state index in [0.717, 1.165) is 18.9 Å². The Hall–Kier alpha value is -0.131. The number of nitrogens with zero attached hydrogens (tertiary/aromatic N) is 1. The molecule has 0 spiro atoms. The van der Waals surface area contributed by atoms with Crippen LogP contribution < -0.4 is 22.0 Å². The molecule has 5 nitrogen and oxygen atoms in total. The van der Waals surface area contributed by atoms with E-state index in [9.17, 15) is 0 Å². The van der Waals surface area contributed by atoms with E-state index < -0.39 is 0 Å². The first-order chi connectivity index (χ1) is 8.95. The fourth-order valence-electron chi connectivity index (χ4n) is 2.90. The summed E-state index contributed by atoms with van der Waals surface area (Å²) < 4.78 is 0. The van der Waals surface area contributed by atoms with Gasteiger partial charge in [-0.05, 0) is 38.0 Å². The second kappa shape index (κ2) is 10.6. The van der Waals surface area contributed by atoms with Crippen molar-refractivity contribution in [2.75, 3.05) is 6.54 Å². The van der Waals surface area contributed by atoms with Crippen LogP contribution in [0.5, 0.6) is 0 Å². The van der Waals surface area contributed by atoms with Crippen molar-refractivity contribution in [2.24, 2.45) is 11.0 Å². The van der Waals surface area contributed by atoms with Gasteiger partial charge >= 0.3 is 0 Å². The van der Waals surface area contributed by atoms with Crippen LogP contribution in [-0.2, 0) is 17.1 Å². The first-order valence-electron chi connectivity index (χ1n) is 7.48. The largest absolute Gasteiger partial charge is 0.243 e. The van der Waals surface area contributed by atoms with Gasteiger partial charge in [0.2, 0.25) is 0 Å². The molecule has 0 aromatic carbocycles. The maximum Gasteiger partial charge on any atom is 0.0397 e. The van der Waals surface area contributed by atoms with E-state index in [4.69, 9.17) is 0 Å². The van der Waals surface area contributed by atoms with Crippen LogP contribution in [0.4, 0.5) is 0 Å². The Morgan fingerprint density at radius 2 is 1.68 bits per heavy atom. The molecular formula is C13H27FeN5. The van der Waals surface area contributed by atoms with Gasteiger partial charge in [-0.1, -0.05) is 32.1 Å². The monoisotopic (exact) mass is 309 g/mol. The molecule has 0 aromatic heterocycles. The molecule has 1 fully saturated rings. The number of hydrazone groups is 1. The van der Waals surface area contributed by atoms with Crippen LogP contribution >= 0.6 is 0 Å². The molecule has 1 atom stereocenters. The van der Waals surface area contributed by atoms with Gasteiger partial charge in [0, 0.05) is 29.3 Å². The zero-order chi connectivity index (χ0) is 12.5. The fraction of sp³-hybridized carbons (Fsp3) is 0.923. The number of nitrogens with one attached hydrogen (secondary N) is 4. The minimum Gasteiger partial charge on any atom is -0.243 e. The van der Waals surface area contributed by atoms with Crippen molar-refractivity contribution < 1.29 is 17.1 Å². The number of hydrazine groups is 3. The molecule has 1 aliphatic heterocycles. The summed E-state index contributed by atoms with van der Waals surface area (Å²) in [6.45, 7) is 0.994. The van der Waals surface area contributed by atoms with Crippen molar-refractivity contribution in [1.82, 2.24) is 22.0 Å². The fourth-order valence-corrected chi connectivity index (χ4v) is 2.90. The average molecular weight is 309 g/mol. The van der Waals surface area contributed by atoms with Crippen LogP contribution in [0, 0.1) is 5.92 Å². The standard InChI is InChI=1S/C13H27N5.Fe/c1-2-4-7-12-8-6-9-13(11-12)15-17-18-16-14-10-5-3-1;/h12,14,16-18H,1-11H2;. The Morgan fingerprint density at radius 3 is 2.63 bits per heavy atom. The Balaban J connectivity index is 0.00000180. The van der Waals surface area contributed by atoms with E-state index in [1.165, 1.54) is 63.5 Å². The Labute approximate surface area is 127 Å². The van der Waals surface area contributed by atoms with E-state index in [2.05, 4.69) is 27.1 Å². The Bertz CT molecular complexity index is 259. The molecule has 2 rings (SSSR count). The van der Waals surface area contributed by atoms with Crippen LogP contribution in [0.25, 0.3) is 0 Å². The van der Waals surface area contributed by atoms with E-state index in [1.54, 1.807) is 0 Å². The molecule has 4 N–H and O–H groups in total. The third-order valence-electron chi connectivity index (χ3n) is 3.94. The zero-order valence-corrected chi connectivity index (χ0v) is 12.8. The third kappa shape index (κ3) is 7.28. The van der Waals surface area contributed by atoms with Crippen LogP contribution in [-0.4, -0.2) is 12.3 Å². The molecule has 6 heteroatoms. The summed E-state index contributed by atoms with van der Waals surface area (Å²) in [6.07, 6.45) is 13.1. The van der Waals surface area contributed by atoms with Gasteiger partial charge in [0.15, 0.2) is 0 Å². The van der Waals surface area contributed by atoms with Crippen molar-refractivity contribution in [3.05, 3.63) is 0 Å². The molecule has 1 aliphatic carbocycles. The zero-order valence-electron chi connectivity index (χ0n) is 11.7. The molecule has 1 unspecified atom stereocenters. The average Bonchev–Trinajstić information content (AvgIpc) is 2.40. The summed E-state index contributed by atoms with van der Waals surface area (Å²) in [5, 5.41) is 4.41. The van der Waals surface area contributed by atoms with E-state index in [1.807, 2.05) is 0 Å². The molecule has 0 saturated heterocycles. The van der Waals surface area contributed by atoms with Gasteiger partial charge in [0.25, 0.3) is 0 Å². The molecule has 112 valence electrons. The SMILES string of the molecule is C1CCCNNNNN=C2CCCC(CCC1)C2.[Fe]. The van der Waals surface area contributed by atoms with Crippen LogP contribution in [0.1, 0.15) is 64.2 Å². The Morgan fingerprint density at radius 1 is 0.895 bits per heavy atom. The molecule has 19 heavy (non-hydrogen) atoms. The molecule has 0 radical (unpaired) electrons. The van der Waals surface area contributed by atoms with Crippen molar-refractivity contribution >= 4 is 5.71 Å². The van der Waals surface area contributed by atoms with Crippen molar-refractivity contribution in [3.63, 3.8) is 0 Å². The first-order valence-corrected chi connectivity index (χ1v) is 7.48. The van der Waals surface area contributed by atoms with Gasteiger partial charge in [-0.25, -0.2) is 11.0 Å². The molecule has 1 saturated carbocycles. The smallest absolute Gasteiger partial charge is 0.0397 e. The molecule has 2 bridgehead atoms. The topological polar surface area (TPSA) is 60.5 Å². The number of hydrogen-bond acceptors (Lipinski definition) is 5. The summed E-state index contributed by atoms with van der Waals surface area (Å²) in [5.74, 6) is 0.871.